The second kappa shape index (κ2) is 3.84. The highest BCUT2D eigenvalue weighted by molar-refractivity contribution is 5.51. The number of hydrogen-bond donors (Lipinski definition) is 0. The van der Waals surface area contributed by atoms with E-state index in [1.54, 1.807) is 11.1 Å². The van der Waals surface area contributed by atoms with Crippen LogP contribution in [0.2, 0.25) is 0 Å². The molecule has 2 rings (SSSR count). The average Bonchev–Trinajstić information content (AvgIpc) is 2.67. The summed E-state index contributed by atoms with van der Waals surface area (Å²) in [5, 5.41) is 0. The van der Waals surface area contributed by atoms with Crippen LogP contribution in [0, 0.1) is 27.7 Å². The Bertz CT molecular complexity index is 427. The average molecular weight is 231 g/mol. The number of rotatable bonds is 0. The highest BCUT2D eigenvalue weighted by atomic mass is 15.2. The molecule has 0 unspecified atom stereocenters. The maximum Gasteiger partial charge on any atom is 0.0248 e. The van der Waals surface area contributed by atoms with Crippen LogP contribution in [0.4, 0.5) is 0 Å². The second-order valence-electron chi connectivity index (χ2n) is 6.48. The fraction of sp³-hybridized carbons (Fsp3) is 0.625. The molecule has 94 valence electrons. The van der Waals surface area contributed by atoms with Gasteiger partial charge in [0.25, 0.3) is 0 Å². The Morgan fingerprint density at radius 3 is 1.35 bits per heavy atom. The van der Waals surface area contributed by atoms with Crippen molar-refractivity contribution in [1.29, 1.82) is 0 Å². The third-order valence-corrected chi connectivity index (χ3v) is 4.60. The molecule has 0 spiro atoms. The first-order chi connectivity index (χ1) is 7.73. The molecule has 1 heteroatoms. The van der Waals surface area contributed by atoms with Crippen molar-refractivity contribution in [3.63, 3.8) is 0 Å². The zero-order valence-electron chi connectivity index (χ0n) is 12.4. The van der Waals surface area contributed by atoms with Gasteiger partial charge in [0.15, 0.2) is 0 Å². The zero-order chi connectivity index (χ0) is 13.0. The van der Waals surface area contributed by atoms with Crippen molar-refractivity contribution >= 4 is 0 Å². The van der Waals surface area contributed by atoms with Crippen LogP contribution in [0.25, 0.3) is 0 Å². The molecule has 0 aliphatic carbocycles. The van der Waals surface area contributed by atoms with Crippen LogP contribution in [0.1, 0.15) is 54.2 Å². The molecule has 1 aliphatic heterocycles. The quantitative estimate of drug-likeness (QED) is 0.651. The van der Waals surface area contributed by atoms with Gasteiger partial charge < -0.3 is 0 Å². The first-order valence-corrected chi connectivity index (χ1v) is 6.56. The molecule has 1 aromatic carbocycles. The van der Waals surface area contributed by atoms with E-state index in [2.05, 4.69) is 53.4 Å². The van der Waals surface area contributed by atoms with E-state index in [0.29, 0.717) is 0 Å². The molecule has 0 fully saturated rings. The van der Waals surface area contributed by atoms with Crippen LogP contribution >= 0.6 is 0 Å². The Labute approximate surface area is 106 Å². The molecule has 0 saturated heterocycles. The van der Waals surface area contributed by atoms with Gasteiger partial charge in [0, 0.05) is 18.6 Å². The summed E-state index contributed by atoms with van der Waals surface area (Å²) in [4.78, 5) is 2.58. The Morgan fingerprint density at radius 2 is 1.06 bits per heavy atom. The molecule has 1 aromatic rings. The van der Waals surface area contributed by atoms with Crippen molar-refractivity contribution in [2.45, 2.75) is 67.1 Å². The van der Waals surface area contributed by atoms with Gasteiger partial charge in [-0.15, -0.1) is 0 Å². The summed E-state index contributed by atoms with van der Waals surface area (Å²) in [6.07, 6.45) is 0. The maximum atomic E-state index is 2.58. The first kappa shape index (κ1) is 12.6. The van der Waals surface area contributed by atoms with Crippen LogP contribution in [0.3, 0.4) is 0 Å². The zero-order valence-corrected chi connectivity index (χ0v) is 12.4. The van der Waals surface area contributed by atoms with Gasteiger partial charge in [-0.25, -0.2) is 0 Å². The molecule has 1 heterocycles. The summed E-state index contributed by atoms with van der Waals surface area (Å²) in [5.41, 5.74) is 9.42. The Morgan fingerprint density at radius 1 is 0.706 bits per heavy atom. The summed E-state index contributed by atoms with van der Waals surface area (Å²) >= 11 is 0. The molecule has 0 saturated carbocycles. The Hall–Kier alpha value is -0.820. The monoisotopic (exact) mass is 231 g/mol. The minimum atomic E-state index is 0.264. The molecule has 1 aliphatic rings. The van der Waals surface area contributed by atoms with E-state index >= 15 is 0 Å². The number of benzene rings is 1. The van der Waals surface area contributed by atoms with Gasteiger partial charge in [0.1, 0.15) is 0 Å². The topological polar surface area (TPSA) is 3.24 Å². The summed E-state index contributed by atoms with van der Waals surface area (Å²) in [7, 11) is 0. The second-order valence-corrected chi connectivity index (χ2v) is 6.48. The molecule has 0 bridgehead atoms. The van der Waals surface area contributed by atoms with Crippen LogP contribution in [-0.4, -0.2) is 10.4 Å². The molecular formula is C16H25N. The summed E-state index contributed by atoms with van der Waals surface area (Å²) < 4.78 is 0. The van der Waals surface area contributed by atoms with Crippen LogP contribution < -0.4 is 0 Å². The van der Waals surface area contributed by atoms with Gasteiger partial charge in [-0.1, -0.05) is 0 Å². The van der Waals surface area contributed by atoms with Gasteiger partial charge in [0.05, 0.1) is 0 Å². The van der Waals surface area contributed by atoms with Gasteiger partial charge in [0.2, 0.25) is 0 Å². The van der Waals surface area contributed by atoms with E-state index in [-0.39, 0.29) is 5.54 Å². The molecule has 17 heavy (non-hydrogen) atoms. The van der Waals surface area contributed by atoms with Gasteiger partial charge in [-0.3, -0.25) is 4.90 Å². The maximum absolute atomic E-state index is 2.58. The SMILES string of the molecule is Cc1c(C)c(C)c2c(c1C)CN(C(C)(C)C)C2. The van der Waals surface area contributed by atoms with E-state index in [1.165, 1.54) is 22.3 Å². The van der Waals surface area contributed by atoms with E-state index in [9.17, 15) is 0 Å². The van der Waals surface area contributed by atoms with Crippen LogP contribution in [-0.2, 0) is 13.1 Å². The molecule has 0 N–H and O–H groups in total. The molecule has 1 nitrogen and oxygen atoms in total. The predicted molar refractivity (Wildman–Crippen MR) is 74.4 cm³/mol. The number of nitrogens with zero attached hydrogens (tertiary/aromatic N) is 1. The van der Waals surface area contributed by atoms with Crippen molar-refractivity contribution in [3.8, 4) is 0 Å². The highest BCUT2D eigenvalue weighted by Gasteiger charge is 2.30. The predicted octanol–water partition coefficient (Wildman–Crippen LogP) is 4.03. The molecule has 0 atom stereocenters. The fourth-order valence-electron chi connectivity index (χ4n) is 2.81. The minimum Gasteiger partial charge on any atom is -0.290 e. The summed E-state index contributed by atoms with van der Waals surface area (Å²) in [5.74, 6) is 0. The van der Waals surface area contributed by atoms with Crippen molar-refractivity contribution in [3.05, 3.63) is 33.4 Å². The number of fused-ring (bicyclic) bond motifs is 1. The number of hydrogen-bond acceptors (Lipinski definition) is 1. The third kappa shape index (κ3) is 1.91. The normalized spacial score (nSPS) is 16.4. The van der Waals surface area contributed by atoms with Gasteiger partial charge in [-0.05, 0) is 81.8 Å². The lowest BCUT2D eigenvalue weighted by atomic mass is 9.90. The van der Waals surface area contributed by atoms with Gasteiger partial charge in [-0.2, -0.15) is 0 Å². The highest BCUT2D eigenvalue weighted by Crippen LogP contribution is 2.36. The lowest BCUT2D eigenvalue weighted by molar-refractivity contribution is 0.136. The molecule has 0 aromatic heterocycles. The molecular weight excluding hydrogens is 206 g/mol. The van der Waals surface area contributed by atoms with E-state index < -0.39 is 0 Å². The summed E-state index contributed by atoms with van der Waals surface area (Å²) in [6.45, 7) is 18.3. The van der Waals surface area contributed by atoms with E-state index in [0.717, 1.165) is 13.1 Å². The van der Waals surface area contributed by atoms with E-state index in [1.807, 2.05) is 0 Å². The lowest BCUT2D eigenvalue weighted by Gasteiger charge is -2.31. The molecule has 0 amide bonds. The smallest absolute Gasteiger partial charge is 0.0248 e. The Balaban J connectivity index is 2.53. The lowest BCUT2D eigenvalue weighted by Crippen LogP contribution is -2.36. The van der Waals surface area contributed by atoms with Crippen molar-refractivity contribution in [2.24, 2.45) is 0 Å². The first-order valence-electron chi connectivity index (χ1n) is 6.56. The standard InChI is InChI=1S/C16H25N/c1-10-11(2)13(4)15-9-17(16(5,6)7)8-14(15)12(10)3/h8-9H2,1-7H3. The van der Waals surface area contributed by atoms with Crippen molar-refractivity contribution in [2.75, 3.05) is 0 Å². The van der Waals surface area contributed by atoms with Gasteiger partial charge >= 0.3 is 0 Å². The summed E-state index contributed by atoms with van der Waals surface area (Å²) in [6, 6.07) is 0. The van der Waals surface area contributed by atoms with Crippen molar-refractivity contribution < 1.29 is 0 Å². The fourth-order valence-corrected chi connectivity index (χ4v) is 2.81. The Kier molecular flexibility index (Phi) is 2.86. The van der Waals surface area contributed by atoms with Crippen LogP contribution in [0.15, 0.2) is 0 Å². The van der Waals surface area contributed by atoms with E-state index in [4.69, 9.17) is 0 Å². The minimum absolute atomic E-state index is 0.264. The van der Waals surface area contributed by atoms with Crippen LogP contribution in [0.5, 0.6) is 0 Å². The largest absolute Gasteiger partial charge is 0.290 e. The third-order valence-electron chi connectivity index (χ3n) is 4.60. The van der Waals surface area contributed by atoms with Crippen molar-refractivity contribution in [1.82, 2.24) is 4.90 Å². The molecule has 0 radical (unpaired) electrons.